The van der Waals surface area contributed by atoms with E-state index in [4.69, 9.17) is 5.26 Å². The quantitative estimate of drug-likeness (QED) is 0.897. The van der Waals surface area contributed by atoms with Crippen LogP contribution in [-0.4, -0.2) is 25.7 Å². The number of benzene rings is 1. The van der Waals surface area contributed by atoms with E-state index in [9.17, 15) is 8.42 Å². The maximum absolute atomic E-state index is 12.2. The molecule has 0 unspecified atom stereocenters. The molecule has 6 nitrogen and oxygen atoms in total. The summed E-state index contributed by atoms with van der Waals surface area (Å²) in [4.78, 5) is 0.0535. The summed E-state index contributed by atoms with van der Waals surface area (Å²) in [6, 6.07) is 8.47. The first kappa shape index (κ1) is 12.1. The molecule has 0 saturated heterocycles. The number of para-hydroxylation sites is 1. The summed E-state index contributed by atoms with van der Waals surface area (Å²) < 4.78 is 25.5. The molecule has 0 fully saturated rings. The minimum absolute atomic E-state index is 0.0535. The second-order valence-corrected chi connectivity index (χ2v) is 5.50. The van der Waals surface area contributed by atoms with E-state index < -0.39 is 10.0 Å². The van der Waals surface area contributed by atoms with Crippen molar-refractivity contribution in [1.82, 2.24) is 10.2 Å². The molecule has 0 spiro atoms. The lowest BCUT2D eigenvalue weighted by Crippen LogP contribution is -2.26. The second-order valence-electron chi connectivity index (χ2n) is 3.54. The Hall–Kier alpha value is -2.33. The number of nitrogens with one attached hydrogen (secondary N) is 1. The highest BCUT2D eigenvalue weighted by molar-refractivity contribution is 7.92. The number of anilines is 1. The molecule has 0 atom stereocenters. The summed E-state index contributed by atoms with van der Waals surface area (Å²) >= 11 is 0. The highest BCUT2D eigenvalue weighted by atomic mass is 32.2. The van der Waals surface area contributed by atoms with E-state index in [1.165, 1.54) is 19.4 Å². The van der Waals surface area contributed by atoms with Crippen molar-refractivity contribution in [2.45, 2.75) is 4.90 Å². The number of hydrogen-bond donors (Lipinski definition) is 1. The largest absolute Gasteiger partial charge is 0.284 e. The Kier molecular flexibility index (Phi) is 3.04. The van der Waals surface area contributed by atoms with Crippen molar-refractivity contribution < 1.29 is 8.42 Å². The first-order chi connectivity index (χ1) is 8.57. The van der Waals surface area contributed by atoms with Crippen LogP contribution in [0.1, 0.15) is 5.56 Å². The zero-order valence-corrected chi connectivity index (χ0v) is 10.3. The average Bonchev–Trinajstić information content (AvgIpc) is 2.92. The molecule has 0 saturated carbocycles. The fraction of sp³-hybridized carbons (Fsp3) is 0.0909. The summed E-state index contributed by atoms with van der Waals surface area (Å²) in [5.41, 5.74) is 0.633. The van der Waals surface area contributed by atoms with Gasteiger partial charge in [0.1, 0.15) is 11.0 Å². The van der Waals surface area contributed by atoms with Crippen LogP contribution in [0.3, 0.4) is 0 Å². The van der Waals surface area contributed by atoms with Gasteiger partial charge in [-0.15, -0.1) is 0 Å². The Bertz CT molecular complexity index is 686. The van der Waals surface area contributed by atoms with Crippen LogP contribution in [-0.2, 0) is 10.0 Å². The van der Waals surface area contributed by atoms with Gasteiger partial charge in [-0.1, -0.05) is 12.1 Å². The second kappa shape index (κ2) is 4.50. The number of hydrogen-bond acceptors (Lipinski definition) is 4. The molecule has 0 bridgehead atoms. The van der Waals surface area contributed by atoms with Crippen molar-refractivity contribution in [2.75, 3.05) is 11.4 Å². The van der Waals surface area contributed by atoms with Gasteiger partial charge in [-0.3, -0.25) is 9.40 Å². The molecule has 0 radical (unpaired) electrons. The van der Waals surface area contributed by atoms with E-state index >= 15 is 0 Å². The Morgan fingerprint density at radius 1 is 1.39 bits per heavy atom. The molecule has 1 aromatic heterocycles. The van der Waals surface area contributed by atoms with E-state index in [0.29, 0.717) is 11.3 Å². The number of aromatic nitrogens is 2. The molecule has 0 aliphatic heterocycles. The third kappa shape index (κ3) is 1.94. The smallest absolute Gasteiger partial charge is 0.267 e. The van der Waals surface area contributed by atoms with Gasteiger partial charge in [-0.2, -0.15) is 10.4 Å². The van der Waals surface area contributed by atoms with Crippen LogP contribution in [0.2, 0.25) is 0 Å². The molecule has 0 aliphatic rings. The van der Waals surface area contributed by atoms with E-state index in [-0.39, 0.29) is 4.90 Å². The highest BCUT2D eigenvalue weighted by Gasteiger charge is 2.23. The van der Waals surface area contributed by atoms with Gasteiger partial charge in [-0.05, 0) is 12.1 Å². The van der Waals surface area contributed by atoms with E-state index in [1.54, 1.807) is 24.3 Å². The highest BCUT2D eigenvalue weighted by Crippen LogP contribution is 2.24. The summed E-state index contributed by atoms with van der Waals surface area (Å²) in [6.45, 7) is 0. The van der Waals surface area contributed by atoms with Gasteiger partial charge >= 0.3 is 0 Å². The molecule has 0 amide bonds. The summed E-state index contributed by atoms with van der Waals surface area (Å²) in [5.74, 6) is 0. The summed E-state index contributed by atoms with van der Waals surface area (Å²) in [7, 11) is -2.29. The van der Waals surface area contributed by atoms with Crippen molar-refractivity contribution in [3.8, 4) is 6.07 Å². The van der Waals surface area contributed by atoms with Crippen molar-refractivity contribution >= 4 is 15.7 Å². The topological polar surface area (TPSA) is 89.8 Å². The number of rotatable bonds is 3. The van der Waals surface area contributed by atoms with E-state index in [2.05, 4.69) is 10.2 Å². The van der Waals surface area contributed by atoms with Gasteiger partial charge in [0.05, 0.1) is 17.4 Å². The van der Waals surface area contributed by atoms with Crippen LogP contribution in [0.15, 0.2) is 41.6 Å². The first-order valence-corrected chi connectivity index (χ1v) is 6.48. The molecule has 1 aromatic carbocycles. The SMILES string of the molecule is CN(c1ccccc1C#N)S(=O)(=O)c1cn[nH]c1. The van der Waals surface area contributed by atoms with Crippen LogP contribution in [0.4, 0.5) is 5.69 Å². The molecule has 2 aromatic rings. The fourth-order valence-electron chi connectivity index (χ4n) is 1.51. The maximum Gasteiger partial charge on any atom is 0.267 e. The van der Waals surface area contributed by atoms with Gasteiger partial charge in [0.15, 0.2) is 0 Å². The molecule has 7 heteroatoms. The minimum atomic E-state index is -3.69. The number of sulfonamides is 1. The lowest BCUT2D eigenvalue weighted by atomic mass is 10.2. The van der Waals surface area contributed by atoms with Crippen LogP contribution in [0, 0.1) is 11.3 Å². The molecule has 1 heterocycles. The van der Waals surface area contributed by atoms with Crippen molar-refractivity contribution in [3.63, 3.8) is 0 Å². The van der Waals surface area contributed by atoms with E-state index in [1.807, 2.05) is 6.07 Å². The van der Waals surface area contributed by atoms with Gasteiger partial charge in [0.2, 0.25) is 0 Å². The van der Waals surface area contributed by atoms with Crippen LogP contribution >= 0.6 is 0 Å². The maximum atomic E-state index is 12.2. The molecule has 92 valence electrons. The molecule has 18 heavy (non-hydrogen) atoms. The Balaban J connectivity index is 2.50. The fourth-order valence-corrected chi connectivity index (χ4v) is 2.63. The zero-order chi connectivity index (χ0) is 13.2. The summed E-state index contributed by atoms with van der Waals surface area (Å²) in [6.07, 6.45) is 2.52. The third-order valence-corrected chi connectivity index (χ3v) is 4.23. The molecule has 0 aliphatic carbocycles. The normalized spacial score (nSPS) is 10.9. The van der Waals surface area contributed by atoms with Gasteiger partial charge in [0, 0.05) is 13.2 Å². The van der Waals surface area contributed by atoms with Crippen LogP contribution in [0.25, 0.3) is 0 Å². The monoisotopic (exact) mass is 262 g/mol. The standard InChI is InChI=1S/C11H10N4O2S/c1-15(11-5-3-2-4-9(11)6-12)18(16,17)10-7-13-14-8-10/h2-5,7-8H,1H3,(H,13,14). The predicted octanol–water partition coefficient (Wildman–Crippen LogP) is 1.11. The summed E-state index contributed by atoms with van der Waals surface area (Å²) in [5, 5.41) is 15.0. The first-order valence-electron chi connectivity index (χ1n) is 5.04. The average molecular weight is 262 g/mol. The Labute approximate surface area is 105 Å². The molecule has 1 N–H and O–H groups in total. The van der Waals surface area contributed by atoms with Gasteiger partial charge in [0.25, 0.3) is 10.0 Å². The number of nitrogens with zero attached hydrogens (tertiary/aromatic N) is 3. The number of H-pyrrole nitrogens is 1. The molecular weight excluding hydrogens is 252 g/mol. The van der Waals surface area contributed by atoms with Crippen molar-refractivity contribution in [3.05, 3.63) is 42.2 Å². The Morgan fingerprint density at radius 3 is 2.72 bits per heavy atom. The van der Waals surface area contributed by atoms with E-state index in [0.717, 1.165) is 4.31 Å². The van der Waals surface area contributed by atoms with Crippen LogP contribution < -0.4 is 4.31 Å². The zero-order valence-electron chi connectivity index (χ0n) is 9.53. The predicted molar refractivity (Wildman–Crippen MR) is 65.3 cm³/mol. The lowest BCUT2D eigenvalue weighted by molar-refractivity contribution is 0.594. The van der Waals surface area contributed by atoms with Crippen molar-refractivity contribution in [1.29, 1.82) is 5.26 Å². The van der Waals surface area contributed by atoms with Crippen LogP contribution in [0.5, 0.6) is 0 Å². The number of aromatic amines is 1. The van der Waals surface area contributed by atoms with Gasteiger partial charge < -0.3 is 0 Å². The van der Waals surface area contributed by atoms with Gasteiger partial charge in [-0.25, -0.2) is 8.42 Å². The lowest BCUT2D eigenvalue weighted by Gasteiger charge is -2.19. The number of nitriles is 1. The third-order valence-electron chi connectivity index (χ3n) is 2.50. The minimum Gasteiger partial charge on any atom is -0.284 e. The Morgan fingerprint density at radius 2 is 2.11 bits per heavy atom. The molecular formula is C11H10N4O2S. The van der Waals surface area contributed by atoms with Crippen molar-refractivity contribution in [2.24, 2.45) is 0 Å². The molecule has 2 rings (SSSR count).